The van der Waals surface area contributed by atoms with E-state index in [-0.39, 0.29) is 16.4 Å². The van der Waals surface area contributed by atoms with Crippen LogP contribution in [0.2, 0.25) is 10.0 Å². The molecule has 1 atom stereocenters. The lowest BCUT2D eigenvalue weighted by atomic mass is 9.95. The molecule has 0 spiro atoms. The molecule has 7 nitrogen and oxygen atoms in total. The molecule has 0 bridgehead atoms. The van der Waals surface area contributed by atoms with Gasteiger partial charge in [-0.2, -0.15) is 0 Å². The first-order chi connectivity index (χ1) is 15.9. The van der Waals surface area contributed by atoms with E-state index < -0.39 is 17.7 Å². The smallest absolute Gasteiger partial charge is 0.295 e. The third-order valence-corrected chi connectivity index (χ3v) is 6.46. The topological polar surface area (TPSA) is 79.3 Å². The minimum atomic E-state index is -0.746. The van der Waals surface area contributed by atoms with E-state index in [0.29, 0.717) is 48.2 Å². The van der Waals surface area contributed by atoms with E-state index in [1.807, 2.05) is 0 Å². The van der Waals surface area contributed by atoms with Crippen LogP contribution in [0.25, 0.3) is 5.76 Å². The molecule has 0 unspecified atom stereocenters. The molecule has 1 amide bonds. The van der Waals surface area contributed by atoms with Crippen LogP contribution in [0.4, 0.5) is 0 Å². The number of rotatable bonds is 6. The number of benzene rings is 2. The van der Waals surface area contributed by atoms with Crippen molar-refractivity contribution < 1.29 is 24.2 Å². The Labute approximate surface area is 202 Å². The summed E-state index contributed by atoms with van der Waals surface area (Å²) in [5.41, 5.74) is 1.03. The van der Waals surface area contributed by atoms with Crippen molar-refractivity contribution >= 4 is 40.7 Å². The molecule has 1 N–H and O–H groups in total. The van der Waals surface area contributed by atoms with Crippen LogP contribution in [0.3, 0.4) is 0 Å². The highest BCUT2D eigenvalue weighted by molar-refractivity contribution is 6.46. The van der Waals surface area contributed by atoms with Crippen molar-refractivity contribution in [1.82, 2.24) is 9.80 Å². The van der Waals surface area contributed by atoms with Gasteiger partial charge in [-0.05, 0) is 35.9 Å². The number of likely N-dealkylation sites (tertiary alicyclic amines) is 1. The maximum Gasteiger partial charge on any atom is 0.295 e. The van der Waals surface area contributed by atoms with Gasteiger partial charge in [0.25, 0.3) is 11.7 Å². The van der Waals surface area contributed by atoms with Crippen molar-refractivity contribution in [2.24, 2.45) is 0 Å². The fraction of sp³-hybridized carbons (Fsp3) is 0.333. The monoisotopic (exact) mass is 490 g/mol. The molecule has 2 aliphatic rings. The second kappa shape index (κ2) is 10.1. The van der Waals surface area contributed by atoms with Gasteiger partial charge in [0.2, 0.25) is 0 Å². The van der Waals surface area contributed by atoms with E-state index in [1.165, 1.54) is 18.1 Å². The molecule has 2 saturated heterocycles. The molecule has 0 aliphatic carbocycles. The number of amides is 1. The third kappa shape index (κ3) is 4.87. The van der Waals surface area contributed by atoms with Gasteiger partial charge in [-0.25, -0.2) is 0 Å². The zero-order valence-electron chi connectivity index (χ0n) is 18.1. The second-order valence-corrected chi connectivity index (χ2v) is 8.69. The average Bonchev–Trinajstić information content (AvgIpc) is 3.08. The number of morpholine rings is 1. The van der Waals surface area contributed by atoms with Gasteiger partial charge >= 0.3 is 0 Å². The lowest BCUT2D eigenvalue weighted by Gasteiger charge is -2.31. The van der Waals surface area contributed by atoms with Gasteiger partial charge in [0.05, 0.1) is 37.0 Å². The van der Waals surface area contributed by atoms with Crippen LogP contribution in [-0.2, 0) is 14.3 Å². The van der Waals surface area contributed by atoms with Crippen molar-refractivity contribution in [1.29, 1.82) is 0 Å². The van der Waals surface area contributed by atoms with E-state index in [9.17, 15) is 14.7 Å². The predicted molar refractivity (Wildman–Crippen MR) is 126 cm³/mol. The van der Waals surface area contributed by atoms with Gasteiger partial charge in [0.15, 0.2) is 0 Å². The first-order valence-corrected chi connectivity index (χ1v) is 11.3. The lowest BCUT2D eigenvalue weighted by molar-refractivity contribution is -0.140. The largest absolute Gasteiger partial charge is 0.507 e. The summed E-state index contributed by atoms with van der Waals surface area (Å²) in [5.74, 6) is -1.23. The first kappa shape index (κ1) is 23.6. The number of aliphatic hydroxyl groups is 1. The first-order valence-electron chi connectivity index (χ1n) is 10.6. The van der Waals surface area contributed by atoms with Crippen LogP contribution in [0.5, 0.6) is 5.75 Å². The number of Topliss-reactive ketones (excluding diaryl/α,β-unsaturated/α-hetero) is 1. The van der Waals surface area contributed by atoms with Gasteiger partial charge in [-0.15, -0.1) is 0 Å². The van der Waals surface area contributed by atoms with Crippen molar-refractivity contribution in [3.63, 3.8) is 0 Å². The fourth-order valence-electron chi connectivity index (χ4n) is 4.15. The molecule has 4 rings (SSSR count). The van der Waals surface area contributed by atoms with Gasteiger partial charge in [0.1, 0.15) is 11.5 Å². The molecule has 2 aliphatic heterocycles. The van der Waals surface area contributed by atoms with E-state index >= 15 is 0 Å². The van der Waals surface area contributed by atoms with E-state index in [2.05, 4.69) is 4.90 Å². The van der Waals surface area contributed by atoms with Crippen LogP contribution >= 0.6 is 23.2 Å². The predicted octanol–water partition coefficient (Wildman–Crippen LogP) is 3.76. The van der Waals surface area contributed by atoms with Crippen LogP contribution < -0.4 is 4.74 Å². The summed E-state index contributed by atoms with van der Waals surface area (Å²) in [5, 5.41) is 12.0. The molecular weight excluding hydrogens is 467 g/mol. The lowest BCUT2D eigenvalue weighted by Crippen LogP contribution is -2.42. The Morgan fingerprint density at radius 3 is 2.42 bits per heavy atom. The van der Waals surface area contributed by atoms with Gasteiger partial charge in [-0.3, -0.25) is 14.5 Å². The molecule has 0 saturated carbocycles. The van der Waals surface area contributed by atoms with Crippen LogP contribution in [0.15, 0.2) is 48.0 Å². The Kier molecular flexibility index (Phi) is 7.24. The van der Waals surface area contributed by atoms with Crippen molar-refractivity contribution in [3.8, 4) is 5.75 Å². The molecule has 0 aromatic heterocycles. The average molecular weight is 491 g/mol. The zero-order chi connectivity index (χ0) is 23.5. The standard InChI is InChI=1S/C24H24Cl2N2O5/c1-32-19-7-4-16(14-18(19)26)22(29)20-21(15-2-5-17(25)6-3-15)28(24(31)23(20)30)9-8-27-10-12-33-13-11-27/h2-7,14,21,29H,8-13H2,1H3/t21-/m1/s1. The summed E-state index contributed by atoms with van der Waals surface area (Å²) in [4.78, 5) is 29.9. The fourth-order valence-corrected chi connectivity index (χ4v) is 4.53. The number of ether oxygens (including phenoxy) is 2. The second-order valence-electron chi connectivity index (χ2n) is 7.85. The number of methoxy groups -OCH3 is 1. The minimum Gasteiger partial charge on any atom is -0.507 e. The summed E-state index contributed by atoms with van der Waals surface area (Å²) in [6.07, 6.45) is 0. The summed E-state index contributed by atoms with van der Waals surface area (Å²) in [7, 11) is 1.49. The van der Waals surface area contributed by atoms with Gasteiger partial charge in [-0.1, -0.05) is 35.3 Å². The highest BCUT2D eigenvalue weighted by Gasteiger charge is 2.46. The number of halogens is 2. The Hall–Kier alpha value is -2.58. The summed E-state index contributed by atoms with van der Waals surface area (Å²) in [6.45, 7) is 3.72. The molecule has 0 radical (unpaired) electrons. The third-order valence-electron chi connectivity index (χ3n) is 5.91. The van der Waals surface area contributed by atoms with Gasteiger partial charge in [0, 0.05) is 36.8 Å². The number of carbonyl (C=O) groups is 2. The maximum atomic E-state index is 13.1. The van der Waals surface area contributed by atoms with Crippen molar-refractivity contribution in [2.45, 2.75) is 6.04 Å². The quantitative estimate of drug-likeness (QED) is 0.377. The van der Waals surface area contributed by atoms with Crippen LogP contribution in [0.1, 0.15) is 17.2 Å². The number of carbonyl (C=O) groups excluding carboxylic acids is 2. The van der Waals surface area contributed by atoms with E-state index in [4.69, 9.17) is 32.7 Å². The van der Waals surface area contributed by atoms with E-state index in [0.717, 1.165) is 13.1 Å². The van der Waals surface area contributed by atoms with Gasteiger partial charge < -0.3 is 19.5 Å². The van der Waals surface area contributed by atoms with Crippen LogP contribution in [-0.4, -0.2) is 73.1 Å². The van der Waals surface area contributed by atoms with E-state index in [1.54, 1.807) is 36.4 Å². The molecule has 2 aromatic rings. The number of nitrogens with zero attached hydrogens (tertiary/aromatic N) is 2. The SMILES string of the molecule is COc1ccc(C(O)=C2C(=O)C(=O)N(CCN3CCOCC3)[C@@H]2c2ccc(Cl)cc2)cc1Cl. The Morgan fingerprint density at radius 1 is 1.09 bits per heavy atom. The highest BCUT2D eigenvalue weighted by atomic mass is 35.5. The van der Waals surface area contributed by atoms with Crippen molar-refractivity contribution in [2.75, 3.05) is 46.5 Å². The number of hydrogen-bond donors (Lipinski definition) is 1. The van der Waals surface area contributed by atoms with Crippen LogP contribution in [0, 0.1) is 0 Å². The number of hydrogen-bond acceptors (Lipinski definition) is 6. The Morgan fingerprint density at radius 2 is 1.79 bits per heavy atom. The minimum absolute atomic E-state index is 0.0190. The number of ketones is 1. The molecule has 2 heterocycles. The molecule has 2 aromatic carbocycles. The summed E-state index contributed by atoms with van der Waals surface area (Å²) < 4.78 is 10.6. The summed E-state index contributed by atoms with van der Waals surface area (Å²) in [6, 6.07) is 10.9. The molecule has 174 valence electrons. The molecule has 2 fully saturated rings. The highest BCUT2D eigenvalue weighted by Crippen LogP contribution is 2.40. The van der Waals surface area contributed by atoms with Crippen molar-refractivity contribution in [3.05, 3.63) is 69.2 Å². The maximum absolute atomic E-state index is 13.1. The molecule has 33 heavy (non-hydrogen) atoms. The Balaban J connectivity index is 1.74. The molecule has 9 heteroatoms. The summed E-state index contributed by atoms with van der Waals surface area (Å²) >= 11 is 12.3. The number of aliphatic hydroxyl groups excluding tert-OH is 1. The molecular formula is C24H24Cl2N2O5. The Bertz CT molecular complexity index is 1080. The zero-order valence-corrected chi connectivity index (χ0v) is 19.6. The normalized spacial score (nSPS) is 20.9.